The number of likely N-dealkylation sites (N-methyl/N-ethyl adjacent to an activating group) is 2. The van der Waals surface area contributed by atoms with Crippen molar-refractivity contribution in [2.24, 2.45) is 0 Å². The Kier molecular flexibility index (Phi) is 6.03. The van der Waals surface area contributed by atoms with E-state index in [1.54, 1.807) is 12.3 Å². The first-order valence-electron chi connectivity index (χ1n) is 12.5. The van der Waals surface area contributed by atoms with E-state index in [-0.39, 0.29) is 28.7 Å². The fraction of sp³-hybridized carbons (Fsp3) is 0.259. The van der Waals surface area contributed by atoms with Gasteiger partial charge in [-0.25, -0.2) is 9.37 Å². The third-order valence-corrected chi connectivity index (χ3v) is 6.95. The van der Waals surface area contributed by atoms with Crippen molar-refractivity contribution in [2.45, 2.75) is 12.6 Å². The van der Waals surface area contributed by atoms with Gasteiger partial charge in [0.1, 0.15) is 23.1 Å². The largest absolute Gasteiger partial charge is 0.484 e. The molecule has 4 N–H and O–H groups in total. The van der Waals surface area contributed by atoms with Crippen LogP contribution in [0.3, 0.4) is 0 Å². The van der Waals surface area contributed by atoms with E-state index in [1.807, 2.05) is 55.2 Å². The van der Waals surface area contributed by atoms with E-state index in [0.717, 1.165) is 11.3 Å². The van der Waals surface area contributed by atoms with Crippen molar-refractivity contribution in [3.8, 4) is 11.4 Å². The second kappa shape index (κ2) is 9.55. The molecule has 0 aliphatic carbocycles. The number of ether oxygens (including phenoxy) is 1. The number of fused-ring (bicyclic) bond motifs is 4. The summed E-state index contributed by atoms with van der Waals surface area (Å²) in [6.07, 6.45) is 1.41. The third-order valence-electron chi connectivity index (χ3n) is 6.95. The van der Waals surface area contributed by atoms with Crippen molar-refractivity contribution in [1.82, 2.24) is 30.0 Å². The number of anilines is 3. The summed E-state index contributed by atoms with van der Waals surface area (Å²) in [5, 5.41) is 11.0. The molecule has 6 rings (SSSR count). The minimum absolute atomic E-state index is 0.119. The van der Waals surface area contributed by atoms with Gasteiger partial charge in [0.2, 0.25) is 5.95 Å². The number of hydrogen-bond donors (Lipinski definition) is 3. The summed E-state index contributed by atoms with van der Waals surface area (Å²) < 4.78 is 21.5. The zero-order valence-electron chi connectivity index (χ0n) is 21.8. The highest BCUT2D eigenvalue weighted by molar-refractivity contribution is 6.05. The van der Waals surface area contributed by atoms with Crippen LogP contribution in [0.2, 0.25) is 0 Å². The monoisotopic (exact) mass is 529 g/mol. The van der Waals surface area contributed by atoms with Gasteiger partial charge in [-0.05, 0) is 36.9 Å². The quantitative estimate of drug-likeness (QED) is 0.304. The van der Waals surface area contributed by atoms with Crippen molar-refractivity contribution < 1.29 is 9.13 Å². The van der Waals surface area contributed by atoms with Crippen LogP contribution in [-0.2, 0) is 6.54 Å². The van der Waals surface area contributed by atoms with Crippen molar-refractivity contribution in [3.05, 3.63) is 70.4 Å². The molecule has 1 atom stereocenters. The van der Waals surface area contributed by atoms with E-state index in [1.165, 1.54) is 16.7 Å². The molecule has 0 saturated carbocycles. The zero-order chi connectivity index (χ0) is 27.3. The van der Waals surface area contributed by atoms with E-state index in [9.17, 15) is 9.18 Å². The molecule has 2 aromatic carbocycles. The van der Waals surface area contributed by atoms with Crippen molar-refractivity contribution in [1.29, 1.82) is 0 Å². The normalized spacial score (nSPS) is 15.0. The van der Waals surface area contributed by atoms with Crippen molar-refractivity contribution in [3.63, 3.8) is 0 Å². The second-order valence-corrected chi connectivity index (χ2v) is 9.72. The molecule has 12 heteroatoms. The molecule has 1 aliphatic rings. The molecule has 0 bridgehead atoms. The number of rotatable bonds is 6. The second-order valence-electron chi connectivity index (χ2n) is 9.72. The predicted molar refractivity (Wildman–Crippen MR) is 149 cm³/mol. The summed E-state index contributed by atoms with van der Waals surface area (Å²) in [5.74, 6) is 0.674. The maximum Gasteiger partial charge on any atom is 0.270 e. The molecular weight excluding hydrogens is 501 g/mol. The van der Waals surface area contributed by atoms with Gasteiger partial charge in [0.25, 0.3) is 5.56 Å². The highest BCUT2D eigenvalue weighted by Gasteiger charge is 2.26. The Balaban J connectivity index is 1.40. The van der Waals surface area contributed by atoms with Gasteiger partial charge in [-0.2, -0.15) is 10.1 Å². The van der Waals surface area contributed by atoms with Crippen LogP contribution >= 0.6 is 0 Å². The predicted octanol–water partition coefficient (Wildman–Crippen LogP) is 2.43. The lowest BCUT2D eigenvalue weighted by Gasteiger charge is -2.35. The van der Waals surface area contributed by atoms with Crippen LogP contribution in [-0.4, -0.2) is 65.1 Å². The first kappa shape index (κ1) is 24.6. The van der Waals surface area contributed by atoms with Gasteiger partial charge < -0.3 is 25.6 Å². The average molecular weight is 530 g/mol. The summed E-state index contributed by atoms with van der Waals surface area (Å²) >= 11 is 0. The minimum Gasteiger partial charge on any atom is -0.484 e. The Morgan fingerprint density at radius 2 is 2.05 bits per heavy atom. The molecule has 39 heavy (non-hydrogen) atoms. The topological polar surface area (TPSA) is 130 Å². The number of nitrogens with zero attached hydrogens (tertiary/aromatic N) is 6. The Morgan fingerprint density at radius 3 is 2.82 bits per heavy atom. The lowest BCUT2D eigenvalue weighted by atomic mass is 10.1. The van der Waals surface area contributed by atoms with Crippen LogP contribution < -0.4 is 31.1 Å². The van der Waals surface area contributed by atoms with Crippen LogP contribution in [0.5, 0.6) is 5.75 Å². The number of nitrogens with one attached hydrogen (secondary N) is 2. The van der Waals surface area contributed by atoms with Crippen LogP contribution in [0.4, 0.5) is 21.8 Å². The summed E-state index contributed by atoms with van der Waals surface area (Å²) in [6, 6.07) is 12.2. The SMILES string of the molecule is CNCc1ccc(-n2c(=O)c3c(N)n[nH]c3c3cnc(N(C)C[C@H]4CN(C)c5ccc(F)cc5O4)nc32)cc1. The number of hydrogen-bond acceptors (Lipinski definition) is 9. The summed E-state index contributed by atoms with van der Waals surface area (Å²) in [5.41, 5.74) is 9.21. The number of aromatic amines is 1. The Hall–Kier alpha value is -4.71. The Labute approximate surface area is 223 Å². The Morgan fingerprint density at radius 1 is 1.26 bits per heavy atom. The fourth-order valence-corrected chi connectivity index (χ4v) is 5.08. The smallest absolute Gasteiger partial charge is 0.270 e. The van der Waals surface area contributed by atoms with E-state index < -0.39 is 0 Å². The van der Waals surface area contributed by atoms with Gasteiger partial charge in [0, 0.05) is 32.9 Å². The minimum atomic E-state index is -0.350. The molecule has 1 aliphatic heterocycles. The highest BCUT2D eigenvalue weighted by atomic mass is 19.1. The van der Waals surface area contributed by atoms with E-state index in [2.05, 4.69) is 20.5 Å². The molecule has 0 unspecified atom stereocenters. The number of benzene rings is 2. The van der Waals surface area contributed by atoms with Gasteiger partial charge in [-0.15, -0.1) is 0 Å². The molecule has 0 radical (unpaired) electrons. The molecule has 4 heterocycles. The zero-order valence-corrected chi connectivity index (χ0v) is 21.8. The number of H-pyrrole nitrogens is 1. The van der Waals surface area contributed by atoms with Gasteiger partial charge in [0.05, 0.1) is 35.4 Å². The molecule has 0 amide bonds. The van der Waals surface area contributed by atoms with Crippen LogP contribution in [0.25, 0.3) is 27.6 Å². The molecule has 3 aromatic heterocycles. The lowest BCUT2D eigenvalue weighted by Crippen LogP contribution is -2.44. The number of halogens is 1. The molecule has 200 valence electrons. The molecule has 11 nitrogen and oxygen atoms in total. The maximum absolute atomic E-state index is 13.8. The summed E-state index contributed by atoms with van der Waals surface area (Å²) in [6.45, 7) is 1.75. The maximum atomic E-state index is 13.8. The Bertz CT molecular complexity index is 1750. The van der Waals surface area contributed by atoms with Crippen LogP contribution in [0.1, 0.15) is 5.56 Å². The van der Waals surface area contributed by atoms with Crippen molar-refractivity contribution in [2.75, 3.05) is 49.8 Å². The highest BCUT2D eigenvalue weighted by Crippen LogP contribution is 2.33. The summed E-state index contributed by atoms with van der Waals surface area (Å²) in [4.78, 5) is 27.0. The van der Waals surface area contributed by atoms with Crippen LogP contribution in [0, 0.1) is 5.82 Å². The van der Waals surface area contributed by atoms with Gasteiger partial charge in [0.15, 0.2) is 11.5 Å². The number of aromatic nitrogens is 5. The van der Waals surface area contributed by atoms with Crippen LogP contribution in [0.15, 0.2) is 53.5 Å². The van der Waals surface area contributed by atoms with E-state index in [4.69, 9.17) is 15.5 Å². The molecular formula is C27H28FN9O2. The molecule has 0 fully saturated rings. The standard InChI is InChI=1S/C27H28FN9O2/c1-30-11-15-4-7-17(8-5-15)37-25-19(23-22(26(37)38)24(29)34-33-23)12-31-27(32-25)36(3)14-18-13-35(2)20-9-6-16(28)10-21(20)39-18/h4-10,12,18,30H,11,13-14H2,1-3H3,(H3,29,33,34)/t18-/m1/s1. The lowest BCUT2D eigenvalue weighted by molar-refractivity contribution is 0.201. The first-order chi connectivity index (χ1) is 18.8. The fourth-order valence-electron chi connectivity index (χ4n) is 5.08. The number of pyridine rings is 1. The van der Waals surface area contributed by atoms with Crippen molar-refractivity contribution >= 4 is 39.4 Å². The van der Waals surface area contributed by atoms with E-state index >= 15 is 0 Å². The molecule has 0 spiro atoms. The van der Waals surface area contributed by atoms with Gasteiger partial charge >= 0.3 is 0 Å². The molecule has 0 saturated heterocycles. The van der Waals surface area contributed by atoms with Gasteiger partial charge in [-0.3, -0.25) is 14.5 Å². The number of nitrogen functional groups attached to an aromatic ring is 1. The molecule has 5 aromatic rings. The first-order valence-corrected chi connectivity index (χ1v) is 12.5. The third kappa shape index (κ3) is 4.28. The van der Waals surface area contributed by atoms with Gasteiger partial charge in [-0.1, -0.05) is 12.1 Å². The average Bonchev–Trinajstić information content (AvgIpc) is 3.31. The van der Waals surface area contributed by atoms with E-state index in [0.29, 0.717) is 53.6 Å². The summed E-state index contributed by atoms with van der Waals surface area (Å²) in [7, 11) is 5.68. The number of nitrogens with two attached hydrogens (primary N) is 1.